The second kappa shape index (κ2) is 8.70. The largest absolute Gasteiger partial charge is 0.465 e. The van der Waals surface area contributed by atoms with Gasteiger partial charge >= 0.3 is 6.09 Å². The Morgan fingerprint density at radius 2 is 1.91 bits per heavy atom. The molecule has 0 bridgehead atoms. The SMILES string of the molecule is CC(C)(C)CN(Cc1cc(-c2ccc(F)cc2F)n(S(=O)(=O)c2cccnc2)c1)C(=O)O. The smallest absolute Gasteiger partial charge is 0.407 e. The molecule has 1 N–H and O–H groups in total. The lowest BCUT2D eigenvalue weighted by molar-refractivity contribution is 0.123. The van der Waals surface area contributed by atoms with E-state index in [1.807, 2.05) is 20.8 Å². The Labute approximate surface area is 185 Å². The summed E-state index contributed by atoms with van der Waals surface area (Å²) in [5.41, 5.74) is -0.192. The van der Waals surface area contributed by atoms with Gasteiger partial charge in [0.25, 0.3) is 10.0 Å². The van der Waals surface area contributed by atoms with Crippen molar-refractivity contribution >= 4 is 16.1 Å². The number of pyridine rings is 1. The molecule has 3 rings (SSSR count). The van der Waals surface area contributed by atoms with Crippen LogP contribution in [0.1, 0.15) is 26.3 Å². The van der Waals surface area contributed by atoms with Crippen LogP contribution in [0.2, 0.25) is 0 Å². The summed E-state index contributed by atoms with van der Waals surface area (Å²) in [5, 5.41) is 9.59. The molecule has 170 valence electrons. The molecule has 10 heteroatoms. The van der Waals surface area contributed by atoms with Crippen molar-refractivity contribution in [2.24, 2.45) is 5.41 Å². The van der Waals surface area contributed by atoms with E-state index >= 15 is 0 Å². The molecule has 0 fully saturated rings. The lowest BCUT2D eigenvalue weighted by Gasteiger charge is -2.27. The maximum Gasteiger partial charge on any atom is 0.407 e. The summed E-state index contributed by atoms with van der Waals surface area (Å²) in [5.74, 6) is -1.75. The third-order valence-electron chi connectivity index (χ3n) is 4.55. The number of rotatable bonds is 6. The van der Waals surface area contributed by atoms with Gasteiger partial charge in [-0.05, 0) is 41.3 Å². The van der Waals surface area contributed by atoms with Gasteiger partial charge in [-0.3, -0.25) is 4.98 Å². The van der Waals surface area contributed by atoms with Crippen molar-refractivity contribution in [3.8, 4) is 11.3 Å². The number of amides is 1. The summed E-state index contributed by atoms with van der Waals surface area (Å²) in [6.45, 7) is 5.71. The third-order valence-corrected chi connectivity index (χ3v) is 6.21. The molecule has 0 spiro atoms. The first-order valence-corrected chi connectivity index (χ1v) is 11.1. The van der Waals surface area contributed by atoms with Crippen LogP contribution in [-0.2, 0) is 16.6 Å². The van der Waals surface area contributed by atoms with Crippen LogP contribution < -0.4 is 0 Å². The first-order valence-electron chi connectivity index (χ1n) is 9.69. The molecule has 0 aliphatic rings. The molecule has 1 amide bonds. The lowest BCUT2D eigenvalue weighted by Crippen LogP contribution is -2.36. The number of hydrogen-bond donors (Lipinski definition) is 1. The van der Waals surface area contributed by atoms with E-state index in [4.69, 9.17) is 0 Å². The van der Waals surface area contributed by atoms with Crippen molar-refractivity contribution in [2.45, 2.75) is 32.2 Å². The van der Waals surface area contributed by atoms with E-state index in [2.05, 4.69) is 4.98 Å². The molecule has 0 unspecified atom stereocenters. The molecule has 3 aromatic rings. The topological polar surface area (TPSA) is 92.5 Å². The molecule has 32 heavy (non-hydrogen) atoms. The van der Waals surface area contributed by atoms with E-state index in [9.17, 15) is 27.1 Å². The Morgan fingerprint density at radius 3 is 2.47 bits per heavy atom. The highest BCUT2D eigenvalue weighted by Gasteiger charge is 2.26. The van der Waals surface area contributed by atoms with Gasteiger partial charge in [-0.1, -0.05) is 20.8 Å². The van der Waals surface area contributed by atoms with Crippen LogP contribution in [0.15, 0.2) is 59.9 Å². The predicted octanol–water partition coefficient (Wildman–Crippen LogP) is 4.59. The number of aromatic nitrogens is 2. The van der Waals surface area contributed by atoms with Crippen LogP contribution in [0, 0.1) is 17.0 Å². The van der Waals surface area contributed by atoms with E-state index in [1.54, 1.807) is 0 Å². The van der Waals surface area contributed by atoms with Gasteiger partial charge in [-0.2, -0.15) is 0 Å². The van der Waals surface area contributed by atoms with E-state index in [0.717, 1.165) is 27.2 Å². The highest BCUT2D eigenvalue weighted by molar-refractivity contribution is 7.90. The van der Waals surface area contributed by atoms with Crippen molar-refractivity contribution in [1.29, 1.82) is 0 Å². The fourth-order valence-electron chi connectivity index (χ4n) is 3.27. The molecule has 1 aromatic carbocycles. The Bertz CT molecular complexity index is 1240. The summed E-state index contributed by atoms with van der Waals surface area (Å²) in [4.78, 5) is 16.6. The molecule has 0 saturated heterocycles. The van der Waals surface area contributed by atoms with Crippen LogP contribution in [0.4, 0.5) is 13.6 Å². The van der Waals surface area contributed by atoms with Crippen LogP contribution in [-0.4, -0.2) is 40.0 Å². The van der Waals surface area contributed by atoms with E-state index in [1.165, 1.54) is 30.6 Å². The highest BCUT2D eigenvalue weighted by Crippen LogP contribution is 2.30. The average molecular weight is 464 g/mol. The van der Waals surface area contributed by atoms with Gasteiger partial charge in [0.15, 0.2) is 0 Å². The van der Waals surface area contributed by atoms with Crippen LogP contribution in [0.5, 0.6) is 0 Å². The number of carbonyl (C=O) groups is 1. The normalized spacial score (nSPS) is 12.0. The van der Waals surface area contributed by atoms with Gasteiger partial charge in [0.05, 0.1) is 12.2 Å². The monoisotopic (exact) mass is 463 g/mol. The molecule has 7 nitrogen and oxygen atoms in total. The second-order valence-electron chi connectivity index (χ2n) is 8.55. The molecule has 0 aliphatic heterocycles. The standard InChI is InChI=1S/C22H23F2N3O4S/c1-22(2,3)14-26(21(28)29)12-15-9-20(18-7-6-16(23)10-19(18)24)27(13-15)32(30,31)17-5-4-8-25-11-17/h4-11,13H,12,14H2,1-3H3,(H,28,29). The fraction of sp³-hybridized carbons (Fsp3) is 0.273. The highest BCUT2D eigenvalue weighted by atomic mass is 32.2. The van der Waals surface area contributed by atoms with Gasteiger partial charge in [0, 0.05) is 36.8 Å². The summed E-state index contributed by atoms with van der Waals surface area (Å²) in [6, 6.07) is 7.01. The minimum Gasteiger partial charge on any atom is -0.465 e. The lowest BCUT2D eigenvalue weighted by atomic mass is 9.96. The molecule has 0 saturated carbocycles. The molecular formula is C22H23F2N3O4S. The van der Waals surface area contributed by atoms with Crippen LogP contribution in [0.25, 0.3) is 11.3 Å². The Morgan fingerprint density at radius 1 is 1.19 bits per heavy atom. The zero-order chi connectivity index (χ0) is 23.7. The van der Waals surface area contributed by atoms with E-state index < -0.39 is 27.8 Å². The van der Waals surface area contributed by atoms with Crippen molar-refractivity contribution in [2.75, 3.05) is 6.54 Å². The van der Waals surface area contributed by atoms with Crippen LogP contribution in [0.3, 0.4) is 0 Å². The zero-order valence-corrected chi connectivity index (χ0v) is 18.6. The van der Waals surface area contributed by atoms with E-state index in [0.29, 0.717) is 11.6 Å². The first kappa shape index (κ1) is 23.4. The molecule has 2 heterocycles. The number of hydrogen-bond acceptors (Lipinski definition) is 4. The zero-order valence-electron chi connectivity index (χ0n) is 17.8. The van der Waals surface area contributed by atoms with Gasteiger partial charge in [-0.15, -0.1) is 0 Å². The number of benzene rings is 1. The number of nitrogens with zero attached hydrogens (tertiary/aromatic N) is 3. The summed E-state index contributed by atoms with van der Waals surface area (Å²) in [7, 11) is -4.19. The van der Waals surface area contributed by atoms with Crippen LogP contribution >= 0.6 is 0 Å². The maximum absolute atomic E-state index is 14.6. The van der Waals surface area contributed by atoms with E-state index in [-0.39, 0.29) is 34.7 Å². The quantitative estimate of drug-likeness (QED) is 0.577. The Balaban J connectivity index is 2.15. The molecule has 0 radical (unpaired) electrons. The number of carboxylic acid groups (broad SMARTS) is 1. The fourth-order valence-corrected chi connectivity index (χ4v) is 4.63. The number of halogens is 2. The third kappa shape index (κ3) is 5.13. The summed E-state index contributed by atoms with van der Waals surface area (Å²) < 4.78 is 55.4. The Kier molecular flexibility index (Phi) is 6.36. The predicted molar refractivity (Wildman–Crippen MR) is 114 cm³/mol. The summed E-state index contributed by atoms with van der Waals surface area (Å²) >= 11 is 0. The van der Waals surface area contributed by atoms with Crippen molar-refractivity contribution < 1.29 is 27.1 Å². The maximum atomic E-state index is 14.6. The average Bonchev–Trinajstić information content (AvgIpc) is 3.11. The minimum atomic E-state index is -4.19. The van der Waals surface area contributed by atoms with Crippen molar-refractivity contribution in [3.05, 3.63) is 72.2 Å². The van der Waals surface area contributed by atoms with Gasteiger partial charge < -0.3 is 10.0 Å². The van der Waals surface area contributed by atoms with Gasteiger partial charge in [0.1, 0.15) is 16.5 Å². The first-order chi connectivity index (χ1) is 14.9. The van der Waals surface area contributed by atoms with Gasteiger partial charge in [0.2, 0.25) is 0 Å². The van der Waals surface area contributed by atoms with Gasteiger partial charge in [-0.25, -0.2) is 26.0 Å². The molecule has 2 aromatic heterocycles. The van der Waals surface area contributed by atoms with Crippen molar-refractivity contribution in [1.82, 2.24) is 13.9 Å². The molecular weight excluding hydrogens is 440 g/mol. The second-order valence-corrected chi connectivity index (χ2v) is 10.4. The minimum absolute atomic E-state index is 0.0533. The summed E-state index contributed by atoms with van der Waals surface area (Å²) in [6.07, 6.45) is 2.65. The van der Waals surface area contributed by atoms with Crippen molar-refractivity contribution in [3.63, 3.8) is 0 Å². The molecule has 0 aliphatic carbocycles. The Hall–Kier alpha value is -3.27. The molecule has 0 atom stereocenters.